The Kier molecular flexibility index (Phi) is 12.1. The molecular weight excluding hydrogens is 495 g/mol. The summed E-state index contributed by atoms with van der Waals surface area (Å²) in [5.74, 6) is 0.665. The lowest BCUT2D eigenvalue weighted by molar-refractivity contribution is 0.0910. The minimum Gasteiger partial charge on any atom is -0.489 e. The van der Waals surface area contributed by atoms with E-state index in [1.54, 1.807) is 0 Å². The van der Waals surface area contributed by atoms with Crippen LogP contribution in [0, 0.1) is 0 Å². The molecule has 1 saturated heterocycles. The molecular formula is C28H36Cl2N4O2. The molecule has 0 radical (unpaired) electrons. The molecule has 0 atom stereocenters. The summed E-state index contributed by atoms with van der Waals surface area (Å²) in [5.41, 5.74) is 4.41. The molecule has 1 aliphatic heterocycles. The van der Waals surface area contributed by atoms with Crippen molar-refractivity contribution in [2.45, 2.75) is 51.7 Å². The number of amides is 1. The third kappa shape index (κ3) is 8.19. The summed E-state index contributed by atoms with van der Waals surface area (Å²) in [6, 6.07) is 20.2. The first-order valence-electron chi connectivity index (χ1n) is 12.3. The average molecular weight is 532 g/mol. The molecule has 0 unspecified atom stereocenters. The van der Waals surface area contributed by atoms with Crippen LogP contribution in [0.1, 0.15) is 54.4 Å². The molecule has 1 fully saturated rings. The van der Waals surface area contributed by atoms with Crippen molar-refractivity contribution >= 4 is 30.7 Å². The van der Waals surface area contributed by atoms with Crippen LogP contribution in [0.4, 0.5) is 0 Å². The second-order valence-electron chi connectivity index (χ2n) is 9.04. The Labute approximate surface area is 226 Å². The smallest absolute Gasteiger partial charge is 0.272 e. The fourth-order valence-corrected chi connectivity index (χ4v) is 4.19. The Bertz CT molecular complexity index is 1070. The van der Waals surface area contributed by atoms with Crippen LogP contribution < -0.4 is 10.1 Å². The zero-order chi connectivity index (χ0) is 23.8. The van der Waals surface area contributed by atoms with Crippen molar-refractivity contribution in [3.63, 3.8) is 0 Å². The number of benzene rings is 2. The fraction of sp³-hybridized carbons (Fsp3) is 0.393. The van der Waals surface area contributed by atoms with Gasteiger partial charge >= 0.3 is 0 Å². The van der Waals surface area contributed by atoms with Gasteiger partial charge in [0.2, 0.25) is 0 Å². The highest BCUT2D eigenvalue weighted by molar-refractivity contribution is 5.93. The summed E-state index contributed by atoms with van der Waals surface area (Å²) in [5, 5.41) is 11.9. The number of carbonyl (C=O) groups is 1. The van der Waals surface area contributed by atoms with Crippen LogP contribution in [-0.4, -0.2) is 47.2 Å². The molecule has 6 nitrogen and oxygen atoms in total. The summed E-state index contributed by atoms with van der Waals surface area (Å²) in [6.45, 7) is 4.68. The maximum absolute atomic E-state index is 12.9. The number of likely N-dealkylation sites (tertiary alicyclic amines) is 1. The Morgan fingerprint density at radius 3 is 2.39 bits per heavy atom. The summed E-state index contributed by atoms with van der Waals surface area (Å²) in [4.78, 5) is 15.2. The van der Waals surface area contributed by atoms with Gasteiger partial charge < -0.3 is 15.0 Å². The summed E-state index contributed by atoms with van der Waals surface area (Å²) >= 11 is 0. The Morgan fingerprint density at radius 1 is 1.03 bits per heavy atom. The summed E-state index contributed by atoms with van der Waals surface area (Å²) in [7, 11) is 2.11. The maximum Gasteiger partial charge on any atom is 0.272 e. The molecule has 1 N–H and O–H groups in total. The van der Waals surface area contributed by atoms with Crippen molar-refractivity contribution < 1.29 is 9.53 Å². The Morgan fingerprint density at radius 2 is 1.72 bits per heavy atom. The van der Waals surface area contributed by atoms with Gasteiger partial charge in [-0.1, -0.05) is 55.8 Å². The third-order valence-corrected chi connectivity index (χ3v) is 6.34. The first kappa shape index (κ1) is 29.6. The number of hydrogen-bond donors (Lipinski definition) is 1. The molecule has 36 heavy (non-hydrogen) atoms. The lowest BCUT2D eigenvalue weighted by atomic mass is 10.00. The lowest BCUT2D eigenvalue weighted by Gasteiger charge is -2.29. The third-order valence-electron chi connectivity index (χ3n) is 6.34. The van der Waals surface area contributed by atoms with Gasteiger partial charge in [-0.05, 0) is 75.1 Å². The molecule has 3 aromatic rings. The molecule has 8 heteroatoms. The molecule has 0 saturated carbocycles. The van der Waals surface area contributed by atoms with Crippen LogP contribution in [0.15, 0.2) is 60.7 Å². The van der Waals surface area contributed by atoms with E-state index in [1.165, 1.54) is 0 Å². The van der Waals surface area contributed by atoms with Crippen LogP contribution in [0.5, 0.6) is 5.75 Å². The number of carbonyl (C=O) groups excluding carboxylic acids is 1. The van der Waals surface area contributed by atoms with E-state index in [-0.39, 0.29) is 36.8 Å². The highest BCUT2D eigenvalue weighted by atomic mass is 35.5. The van der Waals surface area contributed by atoms with E-state index in [2.05, 4.69) is 46.5 Å². The Balaban J connectivity index is 0.00000228. The van der Waals surface area contributed by atoms with Crippen molar-refractivity contribution in [2.24, 2.45) is 0 Å². The number of ether oxygens (including phenoxy) is 1. The van der Waals surface area contributed by atoms with Gasteiger partial charge in [0.05, 0.1) is 5.69 Å². The van der Waals surface area contributed by atoms with Gasteiger partial charge in [-0.25, -0.2) is 0 Å². The predicted octanol–water partition coefficient (Wildman–Crippen LogP) is 5.73. The van der Waals surface area contributed by atoms with E-state index in [1.807, 2.05) is 48.5 Å². The van der Waals surface area contributed by atoms with Crippen molar-refractivity contribution in [1.82, 2.24) is 20.4 Å². The number of aromatic nitrogens is 2. The summed E-state index contributed by atoms with van der Waals surface area (Å²) in [6.07, 6.45) is 4.86. The molecule has 1 aliphatic rings. The number of hydrogen-bond acceptors (Lipinski definition) is 5. The molecule has 0 bridgehead atoms. The van der Waals surface area contributed by atoms with Crippen molar-refractivity contribution in [3.05, 3.63) is 77.6 Å². The number of nitrogens with one attached hydrogen (secondary N) is 1. The normalized spacial score (nSPS) is 13.8. The van der Waals surface area contributed by atoms with Crippen LogP contribution in [0.3, 0.4) is 0 Å². The number of halogens is 2. The molecule has 2 aromatic carbocycles. The highest BCUT2D eigenvalue weighted by Crippen LogP contribution is 2.27. The quantitative estimate of drug-likeness (QED) is 0.382. The lowest BCUT2D eigenvalue weighted by Crippen LogP contribution is -2.43. The maximum atomic E-state index is 12.9. The average Bonchev–Trinajstić information content (AvgIpc) is 2.88. The van der Waals surface area contributed by atoms with Crippen LogP contribution in [0.2, 0.25) is 0 Å². The number of piperidine rings is 1. The van der Waals surface area contributed by atoms with Crippen LogP contribution in [-0.2, 0) is 13.0 Å². The molecule has 194 valence electrons. The van der Waals surface area contributed by atoms with Gasteiger partial charge in [0.15, 0.2) is 5.69 Å². The molecule has 0 spiro atoms. The number of nitrogens with zero attached hydrogens (tertiary/aromatic N) is 3. The van der Waals surface area contributed by atoms with Gasteiger partial charge in [-0.15, -0.1) is 29.9 Å². The van der Waals surface area contributed by atoms with E-state index < -0.39 is 0 Å². The monoisotopic (exact) mass is 530 g/mol. The van der Waals surface area contributed by atoms with Gasteiger partial charge in [-0.2, -0.15) is 5.10 Å². The molecule has 1 amide bonds. The predicted molar refractivity (Wildman–Crippen MR) is 149 cm³/mol. The number of rotatable bonds is 9. The highest BCUT2D eigenvalue weighted by Gasteiger charge is 2.21. The topological polar surface area (TPSA) is 67.4 Å². The van der Waals surface area contributed by atoms with E-state index in [9.17, 15) is 4.79 Å². The van der Waals surface area contributed by atoms with E-state index in [0.717, 1.165) is 73.3 Å². The van der Waals surface area contributed by atoms with Gasteiger partial charge in [0, 0.05) is 11.6 Å². The first-order valence-corrected chi connectivity index (χ1v) is 12.3. The van der Waals surface area contributed by atoms with Gasteiger partial charge in [0.1, 0.15) is 12.4 Å². The Hall–Kier alpha value is -2.67. The van der Waals surface area contributed by atoms with Crippen molar-refractivity contribution in [1.29, 1.82) is 0 Å². The van der Waals surface area contributed by atoms with Gasteiger partial charge in [-0.3, -0.25) is 4.79 Å². The van der Waals surface area contributed by atoms with E-state index >= 15 is 0 Å². The molecule has 1 aromatic heterocycles. The standard InChI is InChI=1S/C28H34N4O2.2ClH/c1-3-4-10-26-25(19-27(31-30-26)28(33)29-23-15-17-32(2)18-16-23)22-11-13-24(14-12-22)34-20-21-8-6-5-7-9-21;;/h5-9,11-14,19,23H,3-4,10,15-18,20H2,1-2H3,(H,29,33);2*1H. The van der Waals surface area contributed by atoms with E-state index in [0.29, 0.717) is 12.3 Å². The minimum absolute atomic E-state index is 0. The number of unbranched alkanes of at least 4 members (excludes halogenated alkanes) is 1. The second kappa shape index (κ2) is 14.8. The van der Waals surface area contributed by atoms with E-state index in [4.69, 9.17) is 4.74 Å². The fourth-order valence-electron chi connectivity index (χ4n) is 4.19. The van der Waals surface area contributed by atoms with Crippen molar-refractivity contribution in [2.75, 3.05) is 20.1 Å². The van der Waals surface area contributed by atoms with Gasteiger partial charge in [0.25, 0.3) is 5.91 Å². The molecule has 2 heterocycles. The summed E-state index contributed by atoms with van der Waals surface area (Å²) < 4.78 is 5.94. The SMILES string of the molecule is CCCCc1nnc(C(=O)NC2CCN(C)CC2)cc1-c1ccc(OCc2ccccc2)cc1.Cl.Cl. The van der Waals surface area contributed by atoms with Crippen LogP contribution >= 0.6 is 24.8 Å². The second-order valence-corrected chi connectivity index (χ2v) is 9.04. The number of aryl methyl sites for hydroxylation is 1. The zero-order valence-electron chi connectivity index (χ0n) is 21.0. The van der Waals surface area contributed by atoms with Crippen LogP contribution in [0.25, 0.3) is 11.1 Å². The molecule has 4 rings (SSSR count). The zero-order valence-corrected chi connectivity index (χ0v) is 22.6. The first-order chi connectivity index (χ1) is 16.6. The molecule has 0 aliphatic carbocycles. The minimum atomic E-state index is -0.145. The largest absolute Gasteiger partial charge is 0.489 e. The van der Waals surface area contributed by atoms with Crippen molar-refractivity contribution in [3.8, 4) is 16.9 Å².